The van der Waals surface area contributed by atoms with Crippen molar-refractivity contribution in [3.8, 4) is 0 Å². The molecule has 0 radical (unpaired) electrons. The number of piperidine rings is 1. The van der Waals surface area contributed by atoms with Crippen molar-refractivity contribution in [2.75, 3.05) is 46.1 Å². The molecular weight excluding hydrogens is 344 g/mol. The highest BCUT2D eigenvalue weighted by Gasteiger charge is 2.45. The lowest BCUT2D eigenvalue weighted by atomic mass is 9.78. The summed E-state index contributed by atoms with van der Waals surface area (Å²) >= 11 is 0. The van der Waals surface area contributed by atoms with Gasteiger partial charge in [0.05, 0.1) is 11.3 Å². The van der Waals surface area contributed by atoms with Gasteiger partial charge in [-0.1, -0.05) is 5.16 Å². The number of hydrogen-bond acceptors (Lipinski definition) is 6. The van der Waals surface area contributed by atoms with Gasteiger partial charge in [-0.2, -0.15) is 0 Å². The second-order valence-corrected chi connectivity index (χ2v) is 8.52. The summed E-state index contributed by atoms with van der Waals surface area (Å²) < 4.78 is 23.0. The number of nitrogens with zero attached hydrogens (tertiary/aromatic N) is 2. The van der Waals surface area contributed by atoms with Crippen molar-refractivity contribution in [1.82, 2.24) is 10.1 Å². The minimum Gasteiger partial charge on any atom is -0.381 e. The number of ether oxygens (including phenoxy) is 3. The third kappa shape index (κ3) is 4.91. The molecule has 0 aliphatic carbocycles. The maximum Gasteiger partial charge on any atom is 0.133 e. The molecule has 0 amide bonds. The van der Waals surface area contributed by atoms with Gasteiger partial charge in [0, 0.05) is 58.7 Å². The van der Waals surface area contributed by atoms with E-state index in [-0.39, 0.29) is 5.60 Å². The molecule has 3 saturated heterocycles. The Morgan fingerprint density at radius 3 is 2.74 bits per heavy atom. The first-order valence-corrected chi connectivity index (χ1v) is 10.7. The van der Waals surface area contributed by atoms with E-state index >= 15 is 0 Å². The summed E-state index contributed by atoms with van der Waals surface area (Å²) in [6.07, 6.45) is 6.85. The van der Waals surface area contributed by atoms with Crippen molar-refractivity contribution in [3.63, 3.8) is 0 Å². The molecule has 27 heavy (non-hydrogen) atoms. The normalized spacial score (nSPS) is 26.8. The van der Waals surface area contributed by atoms with Gasteiger partial charge in [-0.15, -0.1) is 0 Å². The Bertz CT molecular complexity index is 576. The van der Waals surface area contributed by atoms with Gasteiger partial charge in [-0.05, 0) is 57.3 Å². The van der Waals surface area contributed by atoms with Crippen LogP contribution >= 0.6 is 0 Å². The highest BCUT2D eigenvalue weighted by atomic mass is 16.5. The van der Waals surface area contributed by atoms with Gasteiger partial charge in [0.15, 0.2) is 0 Å². The lowest BCUT2D eigenvalue weighted by Gasteiger charge is -2.42. The van der Waals surface area contributed by atoms with Crippen LogP contribution in [-0.4, -0.2) is 61.8 Å². The van der Waals surface area contributed by atoms with Crippen molar-refractivity contribution in [1.29, 1.82) is 0 Å². The van der Waals surface area contributed by atoms with Gasteiger partial charge < -0.3 is 18.7 Å². The number of aryl methyl sites for hydroxylation is 1. The molecule has 3 aliphatic rings. The van der Waals surface area contributed by atoms with Crippen molar-refractivity contribution >= 4 is 0 Å². The van der Waals surface area contributed by atoms with Crippen LogP contribution in [0.25, 0.3) is 0 Å². The number of rotatable bonds is 7. The van der Waals surface area contributed by atoms with E-state index in [4.69, 9.17) is 18.7 Å². The predicted octanol–water partition coefficient (Wildman–Crippen LogP) is 3.19. The van der Waals surface area contributed by atoms with Gasteiger partial charge >= 0.3 is 0 Å². The zero-order valence-corrected chi connectivity index (χ0v) is 16.7. The minimum absolute atomic E-state index is 0.0816. The molecule has 4 rings (SSSR count). The Balaban J connectivity index is 1.20. The van der Waals surface area contributed by atoms with Crippen LogP contribution in [0.5, 0.6) is 0 Å². The topological polar surface area (TPSA) is 57.0 Å². The van der Waals surface area contributed by atoms with E-state index in [1.54, 1.807) is 0 Å². The zero-order chi connectivity index (χ0) is 18.5. The van der Waals surface area contributed by atoms with E-state index < -0.39 is 0 Å². The van der Waals surface area contributed by atoms with Crippen LogP contribution in [0.15, 0.2) is 10.6 Å². The second kappa shape index (κ2) is 9.03. The fourth-order valence-electron chi connectivity index (χ4n) is 4.95. The van der Waals surface area contributed by atoms with Crippen LogP contribution in [0, 0.1) is 18.8 Å². The molecule has 0 saturated carbocycles. The summed E-state index contributed by atoms with van der Waals surface area (Å²) in [5.41, 5.74) is 1.12. The molecular formula is C21H34N2O4. The molecule has 6 nitrogen and oxygen atoms in total. The summed E-state index contributed by atoms with van der Waals surface area (Å²) in [5, 5.41) is 4.13. The van der Waals surface area contributed by atoms with E-state index in [2.05, 4.69) is 10.1 Å². The number of aromatic nitrogens is 1. The maximum absolute atomic E-state index is 6.31. The van der Waals surface area contributed by atoms with Gasteiger partial charge in [-0.25, -0.2) is 0 Å². The molecule has 0 unspecified atom stereocenters. The quantitative estimate of drug-likeness (QED) is 0.679. The van der Waals surface area contributed by atoms with Crippen LogP contribution < -0.4 is 0 Å². The Labute approximate surface area is 162 Å². The molecule has 0 N–H and O–H groups in total. The largest absolute Gasteiger partial charge is 0.381 e. The standard InChI is InChI=1S/C21H34N2O4/c1-17-14-20(22-27-17)15-23-8-6-21(7-9-23)19(5-13-26-21)4-12-25-16-18-2-10-24-11-3-18/h14,18-19H,2-13,15-16H2,1H3/t19-/m0/s1. The SMILES string of the molecule is Cc1cc(CN2CCC3(CC2)OCC[C@@H]3CCOCC2CCOCC2)no1. The summed E-state index contributed by atoms with van der Waals surface area (Å²) in [6.45, 7) is 9.46. The smallest absolute Gasteiger partial charge is 0.133 e. The number of hydrogen-bond donors (Lipinski definition) is 0. The lowest BCUT2D eigenvalue weighted by molar-refractivity contribution is -0.0743. The Morgan fingerprint density at radius 2 is 2.00 bits per heavy atom. The Kier molecular flexibility index (Phi) is 6.48. The highest BCUT2D eigenvalue weighted by Crippen LogP contribution is 2.42. The molecule has 0 bridgehead atoms. The average Bonchev–Trinajstić information content (AvgIpc) is 3.28. The third-order valence-electron chi connectivity index (χ3n) is 6.67. The lowest BCUT2D eigenvalue weighted by Crippen LogP contribution is -2.47. The zero-order valence-electron chi connectivity index (χ0n) is 16.7. The van der Waals surface area contributed by atoms with Crippen LogP contribution in [0.3, 0.4) is 0 Å². The summed E-state index contributed by atoms with van der Waals surface area (Å²) in [5.74, 6) is 2.22. The molecule has 4 heterocycles. The van der Waals surface area contributed by atoms with Gasteiger partial charge in [-0.3, -0.25) is 4.90 Å². The first-order chi connectivity index (χ1) is 13.2. The Morgan fingerprint density at radius 1 is 1.19 bits per heavy atom. The summed E-state index contributed by atoms with van der Waals surface area (Å²) in [4.78, 5) is 2.48. The van der Waals surface area contributed by atoms with Crippen LogP contribution in [0.4, 0.5) is 0 Å². The molecule has 6 heteroatoms. The van der Waals surface area contributed by atoms with Crippen molar-refractivity contribution in [3.05, 3.63) is 17.5 Å². The number of likely N-dealkylation sites (tertiary alicyclic amines) is 1. The first-order valence-electron chi connectivity index (χ1n) is 10.7. The molecule has 1 spiro atoms. The molecule has 152 valence electrons. The van der Waals surface area contributed by atoms with Crippen molar-refractivity contribution < 1.29 is 18.7 Å². The molecule has 1 atom stereocenters. The average molecular weight is 379 g/mol. The summed E-state index contributed by atoms with van der Waals surface area (Å²) in [7, 11) is 0. The Hall–Kier alpha value is -0.950. The van der Waals surface area contributed by atoms with Crippen LogP contribution in [0.1, 0.15) is 50.0 Å². The van der Waals surface area contributed by atoms with E-state index in [9.17, 15) is 0 Å². The van der Waals surface area contributed by atoms with Gasteiger partial charge in [0.2, 0.25) is 0 Å². The van der Waals surface area contributed by atoms with Crippen LogP contribution in [-0.2, 0) is 20.8 Å². The van der Waals surface area contributed by atoms with E-state index in [0.717, 1.165) is 96.2 Å². The van der Waals surface area contributed by atoms with Crippen molar-refractivity contribution in [2.45, 2.75) is 57.6 Å². The second-order valence-electron chi connectivity index (χ2n) is 8.52. The molecule has 3 fully saturated rings. The fourth-order valence-corrected chi connectivity index (χ4v) is 4.95. The highest BCUT2D eigenvalue weighted by molar-refractivity contribution is 5.04. The molecule has 1 aromatic rings. The molecule has 0 aromatic carbocycles. The van der Waals surface area contributed by atoms with Gasteiger partial charge in [0.25, 0.3) is 0 Å². The van der Waals surface area contributed by atoms with Gasteiger partial charge in [0.1, 0.15) is 5.76 Å². The monoisotopic (exact) mass is 378 g/mol. The predicted molar refractivity (Wildman–Crippen MR) is 102 cm³/mol. The van der Waals surface area contributed by atoms with Crippen LogP contribution in [0.2, 0.25) is 0 Å². The van der Waals surface area contributed by atoms with Crippen molar-refractivity contribution in [2.24, 2.45) is 11.8 Å². The van der Waals surface area contributed by atoms with E-state index in [1.165, 1.54) is 6.42 Å². The first kappa shape index (κ1) is 19.4. The maximum atomic E-state index is 6.31. The van der Waals surface area contributed by atoms with E-state index in [1.807, 2.05) is 13.0 Å². The minimum atomic E-state index is 0.0816. The summed E-state index contributed by atoms with van der Waals surface area (Å²) in [6, 6.07) is 2.04. The molecule has 1 aromatic heterocycles. The van der Waals surface area contributed by atoms with E-state index in [0.29, 0.717) is 11.8 Å². The fraction of sp³-hybridized carbons (Fsp3) is 0.857. The third-order valence-corrected chi connectivity index (χ3v) is 6.67. The molecule has 3 aliphatic heterocycles.